The Morgan fingerprint density at radius 2 is 2.19 bits per heavy atom. The molecule has 1 atom stereocenters. The quantitative estimate of drug-likeness (QED) is 0.752. The van der Waals surface area contributed by atoms with Crippen molar-refractivity contribution in [1.29, 1.82) is 0 Å². The van der Waals surface area contributed by atoms with Crippen LogP contribution in [0, 0.1) is 5.92 Å². The third-order valence-electron chi connectivity index (χ3n) is 2.60. The van der Waals surface area contributed by atoms with Crippen molar-refractivity contribution < 1.29 is 5.11 Å². The molecule has 1 rings (SSSR count). The zero-order valence-electron chi connectivity index (χ0n) is 9.78. The lowest BCUT2D eigenvalue weighted by Crippen LogP contribution is -2.34. The van der Waals surface area contributed by atoms with E-state index in [9.17, 15) is 0 Å². The highest BCUT2D eigenvalue weighted by Crippen LogP contribution is 2.09. The first-order valence-corrected chi connectivity index (χ1v) is 5.96. The van der Waals surface area contributed by atoms with Gasteiger partial charge in [0.25, 0.3) is 0 Å². The minimum atomic E-state index is 0.217. The largest absolute Gasteiger partial charge is 0.396 e. The van der Waals surface area contributed by atoms with E-state index in [2.05, 4.69) is 24.1 Å². The fraction of sp³-hybridized carbons (Fsp3) is 0.583. The Morgan fingerprint density at radius 1 is 1.44 bits per heavy atom. The monoisotopic (exact) mass is 242 g/mol. The van der Waals surface area contributed by atoms with Gasteiger partial charge in [0.05, 0.1) is 0 Å². The van der Waals surface area contributed by atoms with Gasteiger partial charge in [0.2, 0.25) is 0 Å². The highest BCUT2D eigenvalue weighted by molar-refractivity contribution is 6.29. The number of hydrogen-bond acceptors (Lipinski definition) is 3. The van der Waals surface area contributed by atoms with Crippen LogP contribution in [-0.4, -0.2) is 22.7 Å². The Kier molecular flexibility index (Phi) is 5.74. The van der Waals surface area contributed by atoms with Crippen LogP contribution in [0.3, 0.4) is 0 Å². The smallest absolute Gasteiger partial charge is 0.129 e. The van der Waals surface area contributed by atoms with E-state index in [0.29, 0.717) is 17.1 Å². The van der Waals surface area contributed by atoms with E-state index in [-0.39, 0.29) is 6.61 Å². The average Bonchev–Trinajstić information content (AvgIpc) is 2.26. The van der Waals surface area contributed by atoms with Crippen LogP contribution in [0.25, 0.3) is 0 Å². The molecule has 0 spiro atoms. The van der Waals surface area contributed by atoms with Gasteiger partial charge in [0, 0.05) is 25.4 Å². The Morgan fingerprint density at radius 3 is 2.69 bits per heavy atom. The van der Waals surface area contributed by atoms with E-state index < -0.39 is 0 Å². The summed E-state index contributed by atoms with van der Waals surface area (Å²) in [5.41, 5.74) is 1.10. The van der Waals surface area contributed by atoms with Crippen molar-refractivity contribution in [2.45, 2.75) is 32.9 Å². The molecule has 1 unspecified atom stereocenters. The number of pyridine rings is 1. The minimum absolute atomic E-state index is 0.217. The third kappa shape index (κ3) is 4.47. The molecule has 1 aromatic rings. The lowest BCUT2D eigenvalue weighted by Gasteiger charge is -2.21. The first kappa shape index (κ1) is 13.4. The van der Waals surface area contributed by atoms with Gasteiger partial charge in [-0.3, -0.25) is 0 Å². The van der Waals surface area contributed by atoms with Gasteiger partial charge in [0.15, 0.2) is 0 Å². The topological polar surface area (TPSA) is 45.1 Å². The van der Waals surface area contributed by atoms with Crippen molar-refractivity contribution in [3.8, 4) is 0 Å². The molecule has 1 aromatic heterocycles. The second kappa shape index (κ2) is 6.84. The summed E-state index contributed by atoms with van der Waals surface area (Å²) in [5.74, 6) is 0.507. The zero-order valence-corrected chi connectivity index (χ0v) is 10.5. The second-order valence-corrected chi connectivity index (χ2v) is 4.62. The SMILES string of the molecule is CC(C)C(CCO)NCc1ccc(Cl)nc1. The van der Waals surface area contributed by atoms with E-state index in [4.69, 9.17) is 16.7 Å². The van der Waals surface area contributed by atoms with Gasteiger partial charge in [0.1, 0.15) is 5.15 Å². The Balaban J connectivity index is 2.45. The van der Waals surface area contributed by atoms with Crippen LogP contribution in [0.2, 0.25) is 5.15 Å². The molecule has 0 aliphatic carbocycles. The van der Waals surface area contributed by atoms with Gasteiger partial charge in [-0.1, -0.05) is 31.5 Å². The van der Waals surface area contributed by atoms with Crippen LogP contribution < -0.4 is 5.32 Å². The average molecular weight is 243 g/mol. The molecule has 0 radical (unpaired) electrons. The van der Waals surface area contributed by atoms with Crippen molar-refractivity contribution in [3.63, 3.8) is 0 Å². The number of aliphatic hydroxyl groups excluding tert-OH is 1. The van der Waals surface area contributed by atoms with Crippen molar-refractivity contribution in [2.24, 2.45) is 5.92 Å². The molecular formula is C12H19ClN2O. The van der Waals surface area contributed by atoms with E-state index in [1.54, 1.807) is 12.3 Å². The standard InChI is InChI=1S/C12H19ClN2O/c1-9(2)11(5-6-16)14-7-10-3-4-12(13)15-8-10/h3-4,8-9,11,14,16H,5-7H2,1-2H3. The summed E-state index contributed by atoms with van der Waals surface area (Å²) >= 11 is 5.71. The number of rotatable bonds is 6. The molecular weight excluding hydrogens is 224 g/mol. The predicted molar refractivity (Wildman–Crippen MR) is 66.4 cm³/mol. The van der Waals surface area contributed by atoms with E-state index in [0.717, 1.165) is 18.5 Å². The number of nitrogens with one attached hydrogen (secondary N) is 1. The van der Waals surface area contributed by atoms with Crippen molar-refractivity contribution >= 4 is 11.6 Å². The van der Waals surface area contributed by atoms with Crippen molar-refractivity contribution in [1.82, 2.24) is 10.3 Å². The van der Waals surface area contributed by atoms with Crippen LogP contribution in [0.1, 0.15) is 25.8 Å². The highest BCUT2D eigenvalue weighted by Gasteiger charge is 2.11. The first-order chi connectivity index (χ1) is 7.63. The van der Waals surface area contributed by atoms with E-state index in [1.807, 2.05) is 6.07 Å². The number of hydrogen-bond donors (Lipinski definition) is 2. The number of halogens is 1. The molecule has 90 valence electrons. The maximum absolute atomic E-state index is 8.95. The zero-order chi connectivity index (χ0) is 12.0. The molecule has 3 nitrogen and oxygen atoms in total. The van der Waals surface area contributed by atoms with Gasteiger partial charge in [-0.25, -0.2) is 4.98 Å². The van der Waals surface area contributed by atoms with E-state index >= 15 is 0 Å². The summed E-state index contributed by atoms with van der Waals surface area (Å²) in [6.45, 7) is 5.27. The Labute approximate surface area is 102 Å². The molecule has 1 heterocycles. The first-order valence-electron chi connectivity index (χ1n) is 5.58. The van der Waals surface area contributed by atoms with Crippen LogP contribution in [-0.2, 0) is 6.54 Å². The molecule has 16 heavy (non-hydrogen) atoms. The summed E-state index contributed by atoms with van der Waals surface area (Å²) in [4.78, 5) is 4.02. The van der Waals surface area contributed by atoms with E-state index in [1.165, 1.54) is 0 Å². The second-order valence-electron chi connectivity index (χ2n) is 4.23. The van der Waals surface area contributed by atoms with Gasteiger partial charge >= 0.3 is 0 Å². The summed E-state index contributed by atoms with van der Waals surface area (Å²) in [6, 6.07) is 4.08. The number of nitrogens with zero attached hydrogens (tertiary/aromatic N) is 1. The lowest BCUT2D eigenvalue weighted by molar-refractivity contribution is 0.244. The molecule has 4 heteroatoms. The maximum Gasteiger partial charge on any atom is 0.129 e. The van der Waals surface area contributed by atoms with Gasteiger partial charge in [-0.2, -0.15) is 0 Å². The molecule has 0 fully saturated rings. The molecule has 0 saturated carbocycles. The lowest BCUT2D eigenvalue weighted by atomic mass is 10.0. The van der Waals surface area contributed by atoms with Crippen LogP contribution >= 0.6 is 11.6 Å². The van der Waals surface area contributed by atoms with Gasteiger partial charge in [-0.15, -0.1) is 0 Å². The molecule has 2 N–H and O–H groups in total. The van der Waals surface area contributed by atoms with Gasteiger partial charge in [-0.05, 0) is 24.0 Å². The summed E-state index contributed by atoms with van der Waals surface area (Å²) in [6.07, 6.45) is 2.55. The highest BCUT2D eigenvalue weighted by atomic mass is 35.5. The summed E-state index contributed by atoms with van der Waals surface area (Å²) < 4.78 is 0. The van der Waals surface area contributed by atoms with Gasteiger partial charge < -0.3 is 10.4 Å². The normalized spacial score (nSPS) is 13.1. The van der Waals surface area contributed by atoms with Crippen molar-refractivity contribution in [3.05, 3.63) is 29.0 Å². The fourth-order valence-corrected chi connectivity index (χ4v) is 1.68. The summed E-state index contributed by atoms with van der Waals surface area (Å²) in [7, 11) is 0. The molecule has 0 bridgehead atoms. The number of aliphatic hydroxyl groups is 1. The fourth-order valence-electron chi connectivity index (χ4n) is 1.57. The predicted octanol–water partition coefficient (Wildman–Crippen LogP) is 2.23. The molecule has 0 aromatic carbocycles. The molecule has 0 aliphatic heterocycles. The van der Waals surface area contributed by atoms with Crippen molar-refractivity contribution in [2.75, 3.05) is 6.61 Å². The summed E-state index contributed by atoms with van der Waals surface area (Å²) in [5, 5.41) is 12.9. The molecule has 0 aliphatic rings. The molecule has 0 amide bonds. The molecule has 0 saturated heterocycles. The Bertz CT molecular complexity index is 300. The van der Waals surface area contributed by atoms with Crippen LogP contribution in [0.4, 0.5) is 0 Å². The van der Waals surface area contributed by atoms with Crippen LogP contribution in [0.15, 0.2) is 18.3 Å². The number of aromatic nitrogens is 1. The maximum atomic E-state index is 8.95. The van der Waals surface area contributed by atoms with Crippen LogP contribution in [0.5, 0.6) is 0 Å². The Hall–Kier alpha value is -0.640. The minimum Gasteiger partial charge on any atom is -0.396 e. The third-order valence-corrected chi connectivity index (χ3v) is 2.83.